The Kier molecular flexibility index (Phi) is 6.03. The normalized spacial score (nSPS) is 26.6. The molecular weight excluding hydrogens is 338 g/mol. The molecule has 1 aromatic heterocycles. The smallest absolute Gasteiger partial charge is 0.236 e. The lowest BCUT2D eigenvalue weighted by Crippen LogP contribution is -2.48. The summed E-state index contributed by atoms with van der Waals surface area (Å²) in [4.78, 5) is 27.0. The summed E-state index contributed by atoms with van der Waals surface area (Å²) < 4.78 is 0. The Morgan fingerprint density at radius 3 is 3.07 bits per heavy atom. The number of nitrogens with zero attached hydrogens (tertiary/aromatic N) is 4. The molecule has 0 bridgehead atoms. The number of carbonyl (C=O) groups is 1. The first-order valence-electron chi connectivity index (χ1n) is 10.8. The van der Waals surface area contributed by atoms with Crippen molar-refractivity contribution in [3.8, 4) is 0 Å². The highest BCUT2D eigenvalue weighted by Crippen LogP contribution is 2.26. The standard InChI is InChI=1S/C21H33N5O/c1-2-18-7-3-4-10-25(18)15-20(27)26-11-5-6-16(14-26)21-23-13-17-12-22-9-8-19(17)24-21/h13,16,18,22H,2-12,14-15H2,1H3/t16-,18-/m0/s1. The zero-order valence-corrected chi connectivity index (χ0v) is 16.6. The molecule has 2 fully saturated rings. The highest BCUT2D eigenvalue weighted by Gasteiger charge is 2.30. The van der Waals surface area contributed by atoms with Crippen molar-refractivity contribution in [3.63, 3.8) is 0 Å². The van der Waals surface area contributed by atoms with E-state index >= 15 is 0 Å². The van der Waals surface area contributed by atoms with Crippen molar-refractivity contribution in [1.82, 2.24) is 25.1 Å². The van der Waals surface area contributed by atoms with Gasteiger partial charge < -0.3 is 10.2 Å². The van der Waals surface area contributed by atoms with Gasteiger partial charge in [0.25, 0.3) is 0 Å². The Bertz CT molecular complexity index is 664. The van der Waals surface area contributed by atoms with Crippen LogP contribution in [0.25, 0.3) is 0 Å². The van der Waals surface area contributed by atoms with Gasteiger partial charge in [-0.05, 0) is 38.6 Å². The van der Waals surface area contributed by atoms with Gasteiger partial charge in [0.15, 0.2) is 0 Å². The molecule has 4 rings (SSSR count). The second-order valence-electron chi connectivity index (χ2n) is 8.33. The Labute approximate surface area is 162 Å². The highest BCUT2D eigenvalue weighted by atomic mass is 16.2. The van der Waals surface area contributed by atoms with Crippen LogP contribution in [0.2, 0.25) is 0 Å². The average molecular weight is 372 g/mol. The van der Waals surface area contributed by atoms with Gasteiger partial charge in [0, 0.05) is 62.0 Å². The number of rotatable bonds is 4. The maximum atomic E-state index is 13.0. The largest absolute Gasteiger partial charge is 0.341 e. The van der Waals surface area contributed by atoms with Crippen molar-refractivity contribution in [3.05, 3.63) is 23.3 Å². The third-order valence-electron chi connectivity index (χ3n) is 6.52. The summed E-state index contributed by atoms with van der Waals surface area (Å²) in [5, 5.41) is 3.37. The minimum Gasteiger partial charge on any atom is -0.341 e. The molecule has 3 aliphatic heterocycles. The fourth-order valence-electron chi connectivity index (χ4n) is 4.87. The fraction of sp³-hybridized carbons (Fsp3) is 0.762. The molecule has 1 N–H and O–H groups in total. The van der Waals surface area contributed by atoms with Crippen molar-refractivity contribution in [2.45, 2.75) is 70.4 Å². The van der Waals surface area contributed by atoms with Crippen LogP contribution in [0.4, 0.5) is 0 Å². The van der Waals surface area contributed by atoms with Gasteiger partial charge in [0.2, 0.25) is 5.91 Å². The van der Waals surface area contributed by atoms with E-state index in [0.717, 1.165) is 64.2 Å². The molecule has 3 aliphatic rings. The molecule has 0 spiro atoms. The van der Waals surface area contributed by atoms with Crippen LogP contribution in [0.3, 0.4) is 0 Å². The van der Waals surface area contributed by atoms with Gasteiger partial charge in [0.1, 0.15) is 5.82 Å². The van der Waals surface area contributed by atoms with Crippen LogP contribution in [0.15, 0.2) is 6.20 Å². The average Bonchev–Trinajstić information content (AvgIpc) is 2.74. The maximum absolute atomic E-state index is 13.0. The van der Waals surface area contributed by atoms with Crippen molar-refractivity contribution in [1.29, 1.82) is 0 Å². The Morgan fingerprint density at radius 1 is 1.26 bits per heavy atom. The number of carbonyl (C=O) groups excluding carboxylic acids is 1. The summed E-state index contributed by atoms with van der Waals surface area (Å²) in [6.45, 7) is 7.43. The van der Waals surface area contributed by atoms with E-state index in [1.54, 1.807) is 0 Å². The monoisotopic (exact) mass is 371 g/mol. The molecule has 0 aliphatic carbocycles. The van der Waals surface area contributed by atoms with E-state index in [9.17, 15) is 4.79 Å². The number of amides is 1. The van der Waals surface area contributed by atoms with E-state index in [1.165, 1.54) is 30.5 Å². The van der Waals surface area contributed by atoms with Gasteiger partial charge in [-0.3, -0.25) is 9.69 Å². The molecule has 27 heavy (non-hydrogen) atoms. The van der Waals surface area contributed by atoms with Crippen molar-refractivity contribution < 1.29 is 4.79 Å². The first-order valence-corrected chi connectivity index (χ1v) is 10.8. The summed E-state index contributed by atoms with van der Waals surface area (Å²) in [5.74, 6) is 1.52. The lowest BCUT2D eigenvalue weighted by Gasteiger charge is -2.38. The van der Waals surface area contributed by atoms with Gasteiger partial charge in [-0.15, -0.1) is 0 Å². The second-order valence-corrected chi connectivity index (χ2v) is 8.33. The van der Waals surface area contributed by atoms with Gasteiger partial charge in [-0.2, -0.15) is 0 Å². The minimum absolute atomic E-state index is 0.284. The number of aromatic nitrogens is 2. The van der Waals surface area contributed by atoms with E-state index in [4.69, 9.17) is 4.98 Å². The minimum atomic E-state index is 0.284. The van der Waals surface area contributed by atoms with Crippen LogP contribution in [0.1, 0.15) is 68.4 Å². The number of hydrogen-bond acceptors (Lipinski definition) is 5. The Hall–Kier alpha value is -1.53. The van der Waals surface area contributed by atoms with E-state index < -0.39 is 0 Å². The molecule has 0 aromatic carbocycles. The first-order chi connectivity index (χ1) is 13.2. The van der Waals surface area contributed by atoms with Crippen LogP contribution in [-0.2, 0) is 17.8 Å². The molecule has 2 saturated heterocycles. The van der Waals surface area contributed by atoms with E-state index in [1.807, 2.05) is 6.20 Å². The zero-order valence-electron chi connectivity index (χ0n) is 16.6. The van der Waals surface area contributed by atoms with Crippen LogP contribution < -0.4 is 5.32 Å². The number of hydrogen-bond donors (Lipinski definition) is 1. The van der Waals surface area contributed by atoms with Crippen molar-refractivity contribution >= 4 is 5.91 Å². The number of likely N-dealkylation sites (tertiary alicyclic amines) is 2. The molecule has 1 amide bonds. The highest BCUT2D eigenvalue weighted by molar-refractivity contribution is 5.78. The van der Waals surface area contributed by atoms with Gasteiger partial charge in [0.05, 0.1) is 6.54 Å². The quantitative estimate of drug-likeness (QED) is 0.878. The van der Waals surface area contributed by atoms with Gasteiger partial charge >= 0.3 is 0 Å². The van der Waals surface area contributed by atoms with Gasteiger partial charge in [-0.25, -0.2) is 9.97 Å². The third kappa shape index (κ3) is 4.32. The Balaban J connectivity index is 1.39. The lowest BCUT2D eigenvalue weighted by molar-refractivity contribution is -0.134. The van der Waals surface area contributed by atoms with E-state index in [0.29, 0.717) is 18.5 Å². The SMILES string of the molecule is CC[C@H]1CCCCN1CC(=O)N1CCC[C@H](c2ncc3c(n2)CCNC3)C1. The molecule has 148 valence electrons. The molecule has 4 heterocycles. The van der Waals surface area contributed by atoms with Crippen LogP contribution in [0.5, 0.6) is 0 Å². The van der Waals surface area contributed by atoms with Crippen molar-refractivity contribution in [2.24, 2.45) is 0 Å². The molecule has 0 saturated carbocycles. The molecule has 6 nitrogen and oxygen atoms in total. The molecule has 0 unspecified atom stereocenters. The summed E-state index contributed by atoms with van der Waals surface area (Å²) in [7, 11) is 0. The second kappa shape index (κ2) is 8.65. The number of nitrogens with one attached hydrogen (secondary N) is 1. The molecule has 0 radical (unpaired) electrons. The zero-order chi connectivity index (χ0) is 18.6. The number of fused-ring (bicyclic) bond motifs is 1. The third-order valence-corrected chi connectivity index (χ3v) is 6.52. The topological polar surface area (TPSA) is 61.4 Å². The van der Waals surface area contributed by atoms with Crippen LogP contribution in [0, 0.1) is 0 Å². The number of piperidine rings is 2. The maximum Gasteiger partial charge on any atom is 0.236 e. The first kappa shape index (κ1) is 18.8. The predicted octanol–water partition coefficient (Wildman–Crippen LogP) is 2.09. The van der Waals surface area contributed by atoms with E-state index in [-0.39, 0.29) is 5.92 Å². The predicted molar refractivity (Wildman–Crippen MR) is 106 cm³/mol. The van der Waals surface area contributed by atoms with Crippen LogP contribution in [-0.4, -0.2) is 64.4 Å². The molecule has 1 aromatic rings. The Morgan fingerprint density at radius 2 is 2.19 bits per heavy atom. The molecule has 2 atom stereocenters. The summed E-state index contributed by atoms with van der Waals surface area (Å²) in [5.41, 5.74) is 2.42. The summed E-state index contributed by atoms with van der Waals surface area (Å²) in [6.07, 6.45) is 10.0. The summed E-state index contributed by atoms with van der Waals surface area (Å²) >= 11 is 0. The fourth-order valence-corrected chi connectivity index (χ4v) is 4.87. The molecular formula is C21H33N5O. The van der Waals surface area contributed by atoms with E-state index in [2.05, 4.69) is 27.0 Å². The summed E-state index contributed by atoms with van der Waals surface area (Å²) in [6, 6.07) is 0.584. The molecule has 6 heteroatoms. The van der Waals surface area contributed by atoms with Gasteiger partial charge in [-0.1, -0.05) is 13.3 Å². The van der Waals surface area contributed by atoms with Crippen molar-refractivity contribution in [2.75, 3.05) is 32.7 Å². The lowest BCUT2D eigenvalue weighted by atomic mass is 9.96. The van der Waals surface area contributed by atoms with Crippen LogP contribution >= 0.6 is 0 Å².